The highest BCUT2D eigenvalue weighted by Gasteiger charge is 2.18. The van der Waals surface area contributed by atoms with Gasteiger partial charge in [-0.3, -0.25) is 4.79 Å². The van der Waals surface area contributed by atoms with Crippen molar-refractivity contribution in [3.63, 3.8) is 0 Å². The van der Waals surface area contributed by atoms with E-state index in [1.807, 2.05) is 24.3 Å². The fraction of sp³-hybridized carbons (Fsp3) is 0.231. The molecule has 0 atom stereocenters. The predicted molar refractivity (Wildman–Crippen MR) is 61.1 cm³/mol. The monoisotopic (exact) mass is 232 g/mol. The SMILES string of the molecule is COC(=O)COC1=CC(=O)Cc2ccccc21. The van der Waals surface area contributed by atoms with E-state index in [9.17, 15) is 9.59 Å². The molecular formula is C13H12O4. The lowest BCUT2D eigenvalue weighted by molar-refractivity contribution is -0.143. The third-order valence-corrected chi connectivity index (χ3v) is 2.51. The molecule has 2 rings (SSSR count). The minimum atomic E-state index is -0.471. The Labute approximate surface area is 98.8 Å². The van der Waals surface area contributed by atoms with Crippen LogP contribution in [0.5, 0.6) is 0 Å². The summed E-state index contributed by atoms with van der Waals surface area (Å²) in [5, 5.41) is 0. The van der Waals surface area contributed by atoms with E-state index in [2.05, 4.69) is 4.74 Å². The molecule has 1 aromatic rings. The van der Waals surface area contributed by atoms with Crippen molar-refractivity contribution in [1.29, 1.82) is 0 Å². The van der Waals surface area contributed by atoms with Crippen LogP contribution in [0.2, 0.25) is 0 Å². The van der Waals surface area contributed by atoms with Gasteiger partial charge in [-0.1, -0.05) is 24.3 Å². The van der Waals surface area contributed by atoms with Gasteiger partial charge in [-0.05, 0) is 5.56 Å². The number of ether oxygens (including phenoxy) is 2. The average molecular weight is 232 g/mol. The molecule has 1 aliphatic rings. The Morgan fingerprint density at radius 3 is 2.88 bits per heavy atom. The predicted octanol–water partition coefficient (Wildman–Crippen LogP) is 1.34. The Balaban J connectivity index is 2.20. The second-order valence-electron chi connectivity index (χ2n) is 3.67. The second kappa shape index (κ2) is 4.82. The number of esters is 1. The summed E-state index contributed by atoms with van der Waals surface area (Å²) in [7, 11) is 1.29. The Hall–Kier alpha value is -2.10. The summed E-state index contributed by atoms with van der Waals surface area (Å²) in [6.45, 7) is -0.191. The summed E-state index contributed by atoms with van der Waals surface area (Å²) >= 11 is 0. The van der Waals surface area contributed by atoms with Gasteiger partial charge < -0.3 is 9.47 Å². The summed E-state index contributed by atoms with van der Waals surface area (Å²) in [6, 6.07) is 7.48. The Morgan fingerprint density at radius 1 is 1.35 bits per heavy atom. The molecule has 0 fully saturated rings. The number of methoxy groups -OCH3 is 1. The number of ketones is 1. The van der Waals surface area contributed by atoms with E-state index in [4.69, 9.17) is 4.74 Å². The van der Waals surface area contributed by atoms with Gasteiger partial charge in [0.1, 0.15) is 5.76 Å². The van der Waals surface area contributed by atoms with Crippen LogP contribution in [0, 0.1) is 0 Å². The van der Waals surface area contributed by atoms with E-state index in [0.717, 1.165) is 11.1 Å². The molecule has 17 heavy (non-hydrogen) atoms. The van der Waals surface area contributed by atoms with Crippen molar-refractivity contribution < 1.29 is 19.1 Å². The Morgan fingerprint density at radius 2 is 2.12 bits per heavy atom. The van der Waals surface area contributed by atoms with E-state index in [1.54, 1.807) is 0 Å². The number of hydrogen-bond donors (Lipinski definition) is 0. The van der Waals surface area contributed by atoms with Crippen LogP contribution < -0.4 is 0 Å². The van der Waals surface area contributed by atoms with Gasteiger partial charge >= 0.3 is 5.97 Å². The first kappa shape index (κ1) is 11.4. The molecule has 0 N–H and O–H groups in total. The van der Waals surface area contributed by atoms with Crippen LogP contribution in [-0.4, -0.2) is 25.5 Å². The quantitative estimate of drug-likeness (QED) is 0.738. The molecule has 0 bridgehead atoms. The van der Waals surface area contributed by atoms with Crippen LogP contribution in [0.25, 0.3) is 5.76 Å². The molecule has 1 aliphatic carbocycles. The van der Waals surface area contributed by atoms with E-state index in [1.165, 1.54) is 13.2 Å². The van der Waals surface area contributed by atoms with Crippen LogP contribution in [-0.2, 0) is 25.5 Å². The largest absolute Gasteiger partial charge is 0.481 e. The molecule has 0 saturated carbocycles. The lowest BCUT2D eigenvalue weighted by atomic mass is 9.95. The van der Waals surface area contributed by atoms with Crippen molar-refractivity contribution >= 4 is 17.5 Å². The average Bonchev–Trinajstić information content (AvgIpc) is 2.35. The normalized spacial score (nSPS) is 13.7. The maximum atomic E-state index is 11.5. The molecule has 1 aromatic carbocycles. The zero-order chi connectivity index (χ0) is 12.3. The van der Waals surface area contributed by atoms with Crippen LogP contribution in [0.4, 0.5) is 0 Å². The zero-order valence-electron chi connectivity index (χ0n) is 9.43. The molecule has 4 heteroatoms. The van der Waals surface area contributed by atoms with Gasteiger partial charge in [0.2, 0.25) is 0 Å². The fourth-order valence-corrected chi connectivity index (χ4v) is 1.69. The molecular weight excluding hydrogens is 220 g/mol. The van der Waals surface area contributed by atoms with Crippen molar-refractivity contribution in [1.82, 2.24) is 0 Å². The van der Waals surface area contributed by atoms with Gasteiger partial charge in [0.05, 0.1) is 7.11 Å². The topological polar surface area (TPSA) is 52.6 Å². The molecule has 88 valence electrons. The number of hydrogen-bond acceptors (Lipinski definition) is 4. The summed E-state index contributed by atoms with van der Waals surface area (Å²) in [5.41, 5.74) is 1.77. The first-order chi connectivity index (χ1) is 8.20. The van der Waals surface area contributed by atoms with E-state index in [-0.39, 0.29) is 12.4 Å². The molecule has 0 saturated heterocycles. The van der Waals surface area contributed by atoms with Gasteiger partial charge in [0, 0.05) is 18.1 Å². The van der Waals surface area contributed by atoms with Gasteiger partial charge in [-0.15, -0.1) is 0 Å². The first-order valence-corrected chi connectivity index (χ1v) is 5.23. The van der Waals surface area contributed by atoms with Gasteiger partial charge in [0.25, 0.3) is 0 Å². The summed E-state index contributed by atoms with van der Waals surface area (Å²) in [6.07, 6.45) is 1.80. The number of benzene rings is 1. The minimum Gasteiger partial charge on any atom is -0.481 e. The third-order valence-electron chi connectivity index (χ3n) is 2.51. The number of carbonyl (C=O) groups excluding carboxylic acids is 2. The Bertz CT molecular complexity index is 488. The van der Waals surface area contributed by atoms with Crippen molar-refractivity contribution in [3.8, 4) is 0 Å². The maximum Gasteiger partial charge on any atom is 0.343 e. The molecule has 0 heterocycles. The highest BCUT2D eigenvalue weighted by Crippen LogP contribution is 2.25. The second-order valence-corrected chi connectivity index (χ2v) is 3.67. The number of allylic oxidation sites excluding steroid dienone is 1. The van der Waals surface area contributed by atoms with Gasteiger partial charge in [0.15, 0.2) is 12.4 Å². The summed E-state index contributed by atoms with van der Waals surface area (Å²) in [4.78, 5) is 22.5. The van der Waals surface area contributed by atoms with Crippen molar-refractivity contribution in [2.24, 2.45) is 0 Å². The van der Waals surface area contributed by atoms with E-state index in [0.29, 0.717) is 12.2 Å². The molecule has 0 unspecified atom stereocenters. The smallest absolute Gasteiger partial charge is 0.343 e. The molecule has 4 nitrogen and oxygen atoms in total. The Kier molecular flexibility index (Phi) is 3.23. The van der Waals surface area contributed by atoms with Crippen LogP contribution in [0.15, 0.2) is 30.3 Å². The molecule has 0 spiro atoms. The van der Waals surface area contributed by atoms with Crippen LogP contribution >= 0.6 is 0 Å². The zero-order valence-corrected chi connectivity index (χ0v) is 9.43. The number of rotatable bonds is 3. The molecule has 0 radical (unpaired) electrons. The molecule has 0 amide bonds. The maximum absolute atomic E-state index is 11.5. The minimum absolute atomic E-state index is 0.0245. The lowest BCUT2D eigenvalue weighted by Crippen LogP contribution is -2.14. The van der Waals surface area contributed by atoms with Crippen molar-refractivity contribution in [3.05, 3.63) is 41.5 Å². The van der Waals surface area contributed by atoms with E-state index >= 15 is 0 Å². The van der Waals surface area contributed by atoms with Crippen LogP contribution in [0.3, 0.4) is 0 Å². The number of carbonyl (C=O) groups is 2. The lowest BCUT2D eigenvalue weighted by Gasteiger charge is -2.16. The summed E-state index contributed by atoms with van der Waals surface area (Å²) < 4.78 is 9.78. The van der Waals surface area contributed by atoms with Crippen molar-refractivity contribution in [2.45, 2.75) is 6.42 Å². The highest BCUT2D eigenvalue weighted by atomic mass is 16.6. The number of fused-ring (bicyclic) bond motifs is 1. The fourth-order valence-electron chi connectivity index (χ4n) is 1.69. The van der Waals surface area contributed by atoms with Crippen LogP contribution in [0.1, 0.15) is 11.1 Å². The standard InChI is InChI=1S/C13H12O4/c1-16-13(15)8-17-12-7-10(14)6-9-4-2-3-5-11(9)12/h2-5,7H,6,8H2,1H3. The third kappa shape index (κ3) is 2.53. The molecule has 0 aromatic heterocycles. The van der Waals surface area contributed by atoms with Gasteiger partial charge in [-0.2, -0.15) is 0 Å². The highest BCUT2D eigenvalue weighted by molar-refractivity contribution is 6.00. The van der Waals surface area contributed by atoms with E-state index < -0.39 is 5.97 Å². The van der Waals surface area contributed by atoms with Crippen molar-refractivity contribution in [2.75, 3.05) is 13.7 Å². The van der Waals surface area contributed by atoms with Gasteiger partial charge in [-0.25, -0.2) is 4.79 Å². The first-order valence-electron chi connectivity index (χ1n) is 5.23. The summed E-state index contributed by atoms with van der Waals surface area (Å²) in [5.74, 6) is -0.0628. The molecule has 0 aliphatic heterocycles.